The van der Waals surface area contributed by atoms with Gasteiger partial charge in [0, 0.05) is 6.54 Å². The molecule has 5 heteroatoms. The smallest absolute Gasteiger partial charge is 0.335 e. The number of ether oxygens (including phenoxy) is 2. The highest BCUT2D eigenvalue weighted by Crippen LogP contribution is 2.28. The van der Waals surface area contributed by atoms with Crippen LogP contribution in [0.1, 0.15) is 27.7 Å². The summed E-state index contributed by atoms with van der Waals surface area (Å²) in [6.07, 6.45) is 3.56. The van der Waals surface area contributed by atoms with E-state index in [0.29, 0.717) is 18.7 Å². The van der Waals surface area contributed by atoms with Crippen molar-refractivity contribution in [3.63, 3.8) is 0 Å². The van der Waals surface area contributed by atoms with Crippen molar-refractivity contribution in [1.82, 2.24) is 4.90 Å². The molecule has 1 atom stereocenters. The molecule has 1 aliphatic rings. The lowest BCUT2D eigenvalue weighted by atomic mass is 10.0. The monoisotopic (exact) mass is 295 g/mol. The second-order valence-electron chi connectivity index (χ2n) is 4.71. The van der Waals surface area contributed by atoms with Gasteiger partial charge in [-0.2, -0.15) is 0 Å². The van der Waals surface area contributed by atoms with Crippen LogP contribution in [0.2, 0.25) is 0 Å². The molecule has 0 spiro atoms. The highest BCUT2D eigenvalue weighted by atomic mass is 16.5. The Labute approximate surface area is 126 Å². The average molecular weight is 295 g/mol. The van der Waals surface area contributed by atoms with Crippen LogP contribution < -0.4 is 0 Å². The zero-order valence-corrected chi connectivity index (χ0v) is 13.3. The first-order valence-electron chi connectivity index (χ1n) is 7.56. The quantitative estimate of drug-likeness (QED) is 0.641. The Morgan fingerprint density at radius 2 is 1.71 bits per heavy atom. The predicted molar refractivity (Wildman–Crippen MR) is 80.7 cm³/mol. The maximum absolute atomic E-state index is 12.2. The van der Waals surface area contributed by atoms with Crippen molar-refractivity contribution in [1.29, 1.82) is 0 Å². The highest BCUT2D eigenvalue weighted by molar-refractivity contribution is 5.99. The van der Waals surface area contributed by atoms with Gasteiger partial charge in [-0.05, 0) is 32.5 Å². The molecule has 1 aliphatic carbocycles. The fourth-order valence-electron chi connectivity index (χ4n) is 2.32. The first-order chi connectivity index (χ1) is 10.1. The Morgan fingerprint density at radius 3 is 2.24 bits per heavy atom. The van der Waals surface area contributed by atoms with Gasteiger partial charge >= 0.3 is 11.9 Å². The summed E-state index contributed by atoms with van der Waals surface area (Å²) in [6.45, 7) is 10.6. The SMILES string of the molecule is CCOC(=O)C1=C(CN(CC)CC)C=CC1C(=O)OCC. The van der Waals surface area contributed by atoms with Crippen molar-refractivity contribution < 1.29 is 19.1 Å². The Bertz CT molecular complexity index is 436. The minimum Gasteiger partial charge on any atom is -0.465 e. The average Bonchev–Trinajstić information content (AvgIpc) is 2.89. The van der Waals surface area contributed by atoms with Crippen molar-refractivity contribution in [2.45, 2.75) is 27.7 Å². The normalized spacial score (nSPS) is 17.5. The molecule has 0 aromatic heterocycles. The topological polar surface area (TPSA) is 55.8 Å². The van der Waals surface area contributed by atoms with Gasteiger partial charge in [0.1, 0.15) is 5.92 Å². The number of hydrogen-bond donors (Lipinski definition) is 0. The van der Waals surface area contributed by atoms with Crippen LogP contribution in [0.5, 0.6) is 0 Å². The summed E-state index contributed by atoms with van der Waals surface area (Å²) in [6, 6.07) is 0. The summed E-state index contributed by atoms with van der Waals surface area (Å²) >= 11 is 0. The molecule has 0 aliphatic heterocycles. The van der Waals surface area contributed by atoms with E-state index < -0.39 is 17.9 Å². The number of likely N-dealkylation sites (N-methyl/N-ethyl adjacent to an activating group) is 1. The van der Waals surface area contributed by atoms with Gasteiger partial charge in [-0.3, -0.25) is 9.69 Å². The number of hydrogen-bond acceptors (Lipinski definition) is 5. The summed E-state index contributed by atoms with van der Waals surface area (Å²) in [5, 5.41) is 0. The van der Waals surface area contributed by atoms with Crippen LogP contribution in [-0.4, -0.2) is 49.7 Å². The van der Waals surface area contributed by atoms with E-state index in [1.54, 1.807) is 19.9 Å². The van der Waals surface area contributed by atoms with E-state index in [-0.39, 0.29) is 6.61 Å². The van der Waals surface area contributed by atoms with Gasteiger partial charge in [0.05, 0.1) is 18.8 Å². The molecule has 118 valence electrons. The Kier molecular flexibility index (Phi) is 7.15. The Hall–Kier alpha value is -1.62. The maximum atomic E-state index is 12.2. The molecule has 0 amide bonds. The van der Waals surface area contributed by atoms with Crippen LogP contribution in [0.3, 0.4) is 0 Å². The second-order valence-corrected chi connectivity index (χ2v) is 4.71. The third-order valence-electron chi connectivity index (χ3n) is 3.47. The van der Waals surface area contributed by atoms with Crippen molar-refractivity contribution in [2.24, 2.45) is 5.92 Å². The molecule has 0 N–H and O–H groups in total. The molecule has 0 saturated heterocycles. The zero-order valence-electron chi connectivity index (χ0n) is 13.3. The van der Waals surface area contributed by atoms with Gasteiger partial charge < -0.3 is 9.47 Å². The van der Waals surface area contributed by atoms with Crippen LogP contribution in [0, 0.1) is 5.92 Å². The van der Waals surface area contributed by atoms with Gasteiger partial charge in [0.2, 0.25) is 0 Å². The molecule has 5 nitrogen and oxygen atoms in total. The van der Waals surface area contributed by atoms with Gasteiger partial charge in [-0.1, -0.05) is 26.0 Å². The lowest BCUT2D eigenvalue weighted by Crippen LogP contribution is -2.28. The first kappa shape index (κ1) is 17.4. The molecule has 0 saturated carbocycles. The zero-order chi connectivity index (χ0) is 15.8. The van der Waals surface area contributed by atoms with E-state index in [4.69, 9.17) is 9.47 Å². The Morgan fingerprint density at radius 1 is 1.10 bits per heavy atom. The maximum Gasteiger partial charge on any atom is 0.335 e. The number of esters is 2. The number of carbonyl (C=O) groups is 2. The highest BCUT2D eigenvalue weighted by Gasteiger charge is 2.34. The fourth-order valence-corrected chi connectivity index (χ4v) is 2.32. The van der Waals surface area contributed by atoms with Crippen molar-refractivity contribution >= 4 is 11.9 Å². The molecule has 0 bridgehead atoms. The van der Waals surface area contributed by atoms with Gasteiger partial charge in [0.15, 0.2) is 0 Å². The molecule has 0 radical (unpaired) electrons. The molecule has 1 rings (SSSR count). The number of rotatable bonds is 8. The molecule has 0 fully saturated rings. The van der Waals surface area contributed by atoms with E-state index in [0.717, 1.165) is 18.7 Å². The lowest BCUT2D eigenvalue weighted by Gasteiger charge is -2.20. The first-order valence-corrected chi connectivity index (χ1v) is 7.56. The molecule has 0 heterocycles. The van der Waals surface area contributed by atoms with E-state index in [2.05, 4.69) is 18.7 Å². The van der Waals surface area contributed by atoms with Gasteiger partial charge in [-0.25, -0.2) is 4.79 Å². The molecule has 0 aromatic rings. The Balaban J connectivity index is 3.02. The molecule has 21 heavy (non-hydrogen) atoms. The summed E-state index contributed by atoms with van der Waals surface area (Å²) in [5.41, 5.74) is 1.26. The van der Waals surface area contributed by atoms with Gasteiger partial charge in [-0.15, -0.1) is 0 Å². The van der Waals surface area contributed by atoms with Crippen LogP contribution >= 0.6 is 0 Å². The molecular formula is C16H25NO4. The number of carbonyl (C=O) groups excluding carboxylic acids is 2. The second kappa shape index (κ2) is 8.62. The van der Waals surface area contributed by atoms with Crippen molar-refractivity contribution in [3.8, 4) is 0 Å². The van der Waals surface area contributed by atoms with E-state index >= 15 is 0 Å². The minimum atomic E-state index is -0.644. The third kappa shape index (κ3) is 4.43. The van der Waals surface area contributed by atoms with Crippen molar-refractivity contribution in [2.75, 3.05) is 32.8 Å². The molecule has 1 unspecified atom stereocenters. The van der Waals surface area contributed by atoms with Gasteiger partial charge in [0.25, 0.3) is 0 Å². The van der Waals surface area contributed by atoms with Crippen LogP contribution in [-0.2, 0) is 19.1 Å². The van der Waals surface area contributed by atoms with E-state index in [9.17, 15) is 9.59 Å². The molecule has 0 aromatic carbocycles. The fraction of sp³-hybridized carbons (Fsp3) is 0.625. The number of nitrogens with zero attached hydrogens (tertiary/aromatic N) is 1. The molecular weight excluding hydrogens is 270 g/mol. The summed E-state index contributed by atoms with van der Waals surface area (Å²) in [4.78, 5) is 26.4. The largest absolute Gasteiger partial charge is 0.465 e. The van der Waals surface area contributed by atoms with E-state index in [1.165, 1.54) is 0 Å². The predicted octanol–water partition coefficient (Wildman–Crippen LogP) is 1.94. The summed E-state index contributed by atoms with van der Waals surface area (Å²) in [5.74, 6) is -1.47. The summed E-state index contributed by atoms with van der Waals surface area (Å²) in [7, 11) is 0. The van der Waals surface area contributed by atoms with Crippen LogP contribution in [0.4, 0.5) is 0 Å². The van der Waals surface area contributed by atoms with Crippen LogP contribution in [0.25, 0.3) is 0 Å². The third-order valence-corrected chi connectivity index (χ3v) is 3.47. The summed E-state index contributed by atoms with van der Waals surface area (Å²) < 4.78 is 10.1. The lowest BCUT2D eigenvalue weighted by molar-refractivity contribution is -0.148. The van der Waals surface area contributed by atoms with E-state index in [1.807, 2.05) is 6.08 Å². The minimum absolute atomic E-state index is 0.288. The standard InChI is InChI=1S/C16H25NO4/c1-5-17(6-2)11-12-9-10-13(15(18)20-7-3)14(12)16(19)21-8-4/h9-10,13H,5-8,11H2,1-4H3. The van der Waals surface area contributed by atoms with Crippen molar-refractivity contribution in [3.05, 3.63) is 23.3 Å². The van der Waals surface area contributed by atoms with Crippen LogP contribution in [0.15, 0.2) is 23.3 Å².